The van der Waals surface area contributed by atoms with Crippen LogP contribution in [-0.2, 0) is 11.2 Å². The highest BCUT2D eigenvalue weighted by Gasteiger charge is 2.22. The van der Waals surface area contributed by atoms with Crippen molar-refractivity contribution in [3.63, 3.8) is 0 Å². The van der Waals surface area contributed by atoms with Gasteiger partial charge in [0, 0.05) is 35.9 Å². The van der Waals surface area contributed by atoms with Gasteiger partial charge in [0.25, 0.3) is 0 Å². The maximum absolute atomic E-state index is 11.6. The molecule has 102 valence electrons. The van der Waals surface area contributed by atoms with Gasteiger partial charge in [-0.05, 0) is 11.6 Å². The van der Waals surface area contributed by atoms with Crippen LogP contribution in [0.3, 0.4) is 0 Å². The minimum absolute atomic E-state index is 0.247. The third kappa shape index (κ3) is 2.01. The molecule has 0 fully saturated rings. The highest BCUT2D eigenvalue weighted by Crippen LogP contribution is 2.22. The van der Waals surface area contributed by atoms with Crippen LogP contribution in [0.25, 0.3) is 10.9 Å². The van der Waals surface area contributed by atoms with E-state index in [1.165, 1.54) is 17.0 Å². The molecule has 0 saturated heterocycles. The fraction of sp³-hybridized carbons (Fsp3) is 0.143. The fourth-order valence-electron chi connectivity index (χ4n) is 2.39. The fourth-order valence-corrected chi connectivity index (χ4v) is 2.39. The van der Waals surface area contributed by atoms with Gasteiger partial charge in [-0.2, -0.15) is 0 Å². The largest absolute Gasteiger partial charge is 0.480 e. The van der Waals surface area contributed by atoms with Crippen LogP contribution < -0.4 is 5.69 Å². The highest BCUT2D eigenvalue weighted by atomic mass is 16.4. The van der Waals surface area contributed by atoms with Gasteiger partial charge in [0.05, 0.1) is 0 Å². The number of para-hydroxylation sites is 1. The molecular weight excluding hydrogens is 258 g/mol. The summed E-state index contributed by atoms with van der Waals surface area (Å²) < 4.78 is 1.20. The zero-order valence-corrected chi connectivity index (χ0v) is 10.5. The third-order valence-corrected chi connectivity index (χ3v) is 3.39. The molecule has 2 aromatic heterocycles. The Bertz CT molecular complexity index is 812. The van der Waals surface area contributed by atoms with Crippen molar-refractivity contribution in [3.8, 4) is 0 Å². The van der Waals surface area contributed by atoms with E-state index in [0.29, 0.717) is 0 Å². The second-order valence-corrected chi connectivity index (χ2v) is 4.59. The lowest BCUT2D eigenvalue weighted by molar-refractivity contribution is -0.140. The van der Waals surface area contributed by atoms with E-state index in [9.17, 15) is 14.7 Å². The Balaban J connectivity index is 2.01. The van der Waals surface area contributed by atoms with Crippen LogP contribution in [0, 0.1) is 0 Å². The second kappa shape index (κ2) is 4.73. The van der Waals surface area contributed by atoms with Crippen molar-refractivity contribution in [3.05, 3.63) is 58.9 Å². The Labute approximate surface area is 113 Å². The average Bonchev–Trinajstić information content (AvgIpc) is 3.02. The summed E-state index contributed by atoms with van der Waals surface area (Å²) in [5, 5.41) is 10.3. The number of nitrogens with zero attached hydrogens (tertiary/aromatic N) is 1. The minimum Gasteiger partial charge on any atom is -0.480 e. The average molecular weight is 271 g/mol. The van der Waals surface area contributed by atoms with Gasteiger partial charge in [0.2, 0.25) is 0 Å². The normalized spacial score (nSPS) is 12.6. The van der Waals surface area contributed by atoms with Gasteiger partial charge in [-0.1, -0.05) is 18.2 Å². The lowest BCUT2D eigenvalue weighted by Crippen LogP contribution is -2.29. The van der Waals surface area contributed by atoms with E-state index in [4.69, 9.17) is 0 Å². The summed E-state index contributed by atoms with van der Waals surface area (Å²) in [6, 6.07) is 6.75. The molecule has 6 nitrogen and oxygen atoms in total. The van der Waals surface area contributed by atoms with Gasteiger partial charge in [0.15, 0.2) is 0 Å². The third-order valence-electron chi connectivity index (χ3n) is 3.39. The van der Waals surface area contributed by atoms with E-state index >= 15 is 0 Å². The second-order valence-electron chi connectivity index (χ2n) is 4.59. The lowest BCUT2D eigenvalue weighted by Gasteiger charge is -2.12. The number of hydrogen-bond donors (Lipinski definition) is 3. The number of fused-ring (bicyclic) bond motifs is 1. The Hall–Kier alpha value is -2.76. The molecule has 1 atom stereocenters. The number of hydrogen-bond acceptors (Lipinski definition) is 2. The van der Waals surface area contributed by atoms with Crippen molar-refractivity contribution in [2.24, 2.45) is 0 Å². The van der Waals surface area contributed by atoms with Gasteiger partial charge < -0.3 is 15.1 Å². The topological polar surface area (TPSA) is 90.9 Å². The molecule has 3 aromatic rings. The van der Waals surface area contributed by atoms with Crippen molar-refractivity contribution in [2.45, 2.75) is 12.5 Å². The van der Waals surface area contributed by atoms with Crippen molar-refractivity contribution in [1.82, 2.24) is 14.5 Å². The minimum atomic E-state index is -1.03. The molecule has 0 amide bonds. The molecule has 6 heteroatoms. The van der Waals surface area contributed by atoms with Crippen LogP contribution in [-0.4, -0.2) is 25.6 Å². The molecule has 2 heterocycles. The Morgan fingerprint density at radius 1 is 1.30 bits per heavy atom. The number of aromatic nitrogens is 3. The van der Waals surface area contributed by atoms with Crippen LogP contribution in [0.15, 0.2) is 47.7 Å². The first-order valence-corrected chi connectivity index (χ1v) is 6.20. The predicted octanol–water partition coefficient (Wildman–Crippen LogP) is 1.53. The highest BCUT2D eigenvalue weighted by molar-refractivity contribution is 5.84. The van der Waals surface area contributed by atoms with Gasteiger partial charge >= 0.3 is 11.7 Å². The van der Waals surface area contributed by atoms with Crippen LogP contribution in [0.2, 0.25) is 0 Å². The molecule has 0 spiro atoms. The summed E-state index contributed by atoms with van der Waals surface area (Å²) in [6.45, 7) is 0. The summed E-state index contributed by atoms with van der Waals surface area (Å²) in [5.41, 5.74) is 1.41. The molecule has 3 rings (SSSR count). The molecule has 3 N–H and O–H groups in total. The number of H-pyrrole nitrogens is 2. The molecule has 1 aromatic carbocycles. The number of nitrogens with one attached hydrogen (secondary N) is 2. The number of carboxylic acids is 1. The molecular formula is C14H13N3O3. The molecule has 0 aliphatic carbocycles. The van der Waals surface area contributed by atoms with E-state index in [-0.39, 0.29) is 6.42 Å². The number of carbonyl (C=O) groups is 1. The van der Waals surface area contributed by atoms with Crippen LogP contribution in [0.4, 0.5) is 0 Å². The van der Waals surface area contributed by atoms with Crippen molar-refractivity contribution in [2.75, 3.05) is 0 Å². The van der Waals surface area contributed by atoms with Crippen LogP contribution in [0.1, 0.15) is 11.6 Å². The number of benzene rings is 1. The van der Waals surface area contributed by atoms with E-state index in [0.717, 1.165) is 16.5 Å². The molecule has 0 aliphatic rings. The molecule has 0 saturated carbocycles. The van der Waals surface area contributed by atoms with E-state index in [1.54, 1.807) is 6.20 Å². The maximum atomic E-state index is 11.6. The Morgan fingerprint density at radius 3 is 2.80 bits per heavy atom. The molecule has 0 bridgehead atoms. The lowest BCUT2D eigenvalue weighted by atomic mass is 10.1. The first-order chi connectivity index (χ1) is 9.66. The van der Waals surface area contributed by atoms with E-state index < -0.39 is 17.7 Å². The number of carboxylic acid groups (broad SMARTS) is 1. The summed E-state index contributed by atoms with van der Waals surface area (Å²) in [7, 11) is 0. The zero-order valence-electron chi connectivity index (χ0n) is 10.5. The Kier molecular flexibility index (Phi) is 2.90. The van der Waals surface area contributed by atoms with Crippen molar-refractivity contribution < 1.29 is 9.90 Å². The zero-order chi connectivity index (χ0) is 14.1. The number of aromatic amines is 2. The van der Waals surface area contributed by atoms with E-state index in [1.807, 2.05) is 24.3 Å². The molecule has 20 heavy (non-hydrogen) atoms. The predicted molar refractivity (Wildman–Crippen MR) is 73.7 cm³/mol. The standard InChI is InChI=1S/C14H13N3O3/c18-13(19)12(17-6-5-15-14(17)20)7-9-8-16-11-4-2-1-3-10(9)11/h1-6,8,12,16H,7H2,(H,15,20)(H,18,19). The van der Waals surface area contributed by atoms with Crippen molar-refractivity contribution >= 4 is 16.9 Å². The number of imidazole rings is 1. The maximum Gasteiger partial charge on any atom is 0.327 e. The SMILES string of the molecule is O=C(O)C(Cc1c[nH]c2ccccc12)n1cc[nH]c1=O. The molecule has 0 aliphatic heterocycles. The summed E-state index contributed by atoms with van der Waals surface area (Å²) in [5.74, 6) is -1.03. The monoisotopic (exact) mass is 271 g/mol. The summed E-state index contributed by atoms with van der Waals surface area (Å²) >= 11 is 0. The van der Waals surface area contributed by atoms with E-state index in [2.05, 4.69) is 9.97 Å². The van der Waals surface area contributed by atoms with Gasteiger partial charge in [0.1, 0.15) is 6.04 Å². The van der Waals surface area contributed by atoms with Crippen LogP contribution in [0.5, 0.6) is 0 Å². The quantitative estimate of drug-likeness (QED) is 0.672. The van der Waals surface area contributed by atoms with Gasteiger partial charge in [-0.3, -0.25) is 4.57 Å². The number of rotatable bonds is 4. The van der Waals surface area contributed by atoms with Crippen LogP contribution >= 0.6 is 0 Å². The molecule has 1 unspecified atom stereocenters. The van der Waals surface area contributed by atoms with Gasteiger partial charge in [-0.25, -0.2) is 9.59 Å². The first kappa shape index (κ1) is 12.3. The summed E-state index contributed by atoms with van der Waals surface area (Å²) in [6.07, 6.45) is 4.93. The Morgan fingerprint density at radius 2 is 2.10 bits per heavy atom. The van der Waals surface area contributed by atoms with Crippen molar-refractivity contribution in [1.29, 1.82) is 0 Å². The number of aliphatic carboxylic acids is 1. The summed E-state index contributed by atoms with van der Waals surface area (Å²) in [4.78, 5) is 28.6. The molecule has 0 radical (unpaired) electrons. The van der Waals surface area contributed by atoms with Gasteiger partial charge in [-0.15, -0.1) is 0 Å². The first-order valence-electron chi connectivity index (χ1n) is 6.20. The smallest absolute Gasteiger partial charge is 0.327 e.